The van der Waals surface area contributed by atoms with Gasteiger partial charge in [-0.25, -0.2) is 4.98 Å². The molecule has 2 heterocycles. The second kappa shape index (κ2) is 10.0. The van der Waals surface area contributed by atoms with E-state index in [0.29, 0.717) is 43.9 Å². The molecule has 29 heavy (non-hydrogen) atoms. The molecule has 156 valence electrons. The summed E-state index contributed by atoms with van der Waals surface area (Å²) in [4.78, 5) is 42.4. The molecule has 1 saturated carbocycles. The third kappa shape index (κ3) is 6.02. The van der Waals surface area contributed by atoms with Crippen LogP contribution in [0.3, 0.4) is 0 Å². The highest BCUT2D eigenvalue weighted by Crippen LogP contribution is 2.25. The van der Waals surface area contributed by atoms with Crippen LogP contribution in [0.15, 0.2) is 33.7 Å². The number of methoxy groups -OCH3 is 1. The van der Waals surface area contributed by atoms with Crippen LogP contribution in [0.5, 0.6) is 0 Å². The molecule has 0 spiro atoms. The number of rotatable bonds is 8. The predicted octanol–water partition coefficient (Wildman–Crippen LogP) is 1.16. The number of ether oxygens (including phenoxy) is 1. The summed E-state index contributed by atoms with van der Waals surface area (Å²) in [5, 5.41) is 5.89. The van der Waals surface area contributed by atoms with Gasteiger partial charge in [0.15, 0.2) is 5.76 Å². The molecule has 9 heteroatoms. The van der Waals surface area contributed by atoms with E-state index >= 15 is 0 Å². The molecule has 0 atom stereocenters. The van der Waals surface area contributed by atoms with Crippen molar-refractivity contribution in [3.63, 3.8) is 0 Å². The molecule has 1 aliphatic rings. The van der Waals surface area contributed by atoms with Crippen LogP contribution in [0.4, 0.5) is 0 Å². The van der Waals surface area contributed by atoms with Crippen molar-refractivity contribution in [2.75, 3.05) is 13.7 Å². The normalized spacial score (nSPS) is 18.9. The summed E-state index contributed by atoms with van der Waals surface area (Å²) in [6.07, 6.45) is 4.78. The van der Waals surface area contributed by atoms with Crippen LogP contribution >= 0.6 is 0 Å². The van der Waals surface area contributed by atoms with Gasteiger partial charge in [0.1, 0.15) is 12.4 Å². The summed E-state index contributed by atoms with van der Waals surface area (Å²) in [6, 6.07) is 4.82. The van der Waals surface area contributed by atoms with Gasteiger partial charge in [0.05, 0.1) is 6.33 Å². The lowest BCUT2D eigenvalue weighted by Gasteiger charge is -2.28. The number of aromatic amines is 1. The minimum Gasteiger partial charge on any atom is -0.453 e. The van der Waals surface area contributed by atoms with Crippen LogP contribution in [0, 0.1) is 5.92 Å². The molecular weight excluding hydrogens is 376 g/mol. The van der Waals surface area contributed by atoms with E-state index in [1.165, 1.54) is 12.4 Å². The number of H-pyrrole nitrogens is 1. The minimum atomic E-state index is -0.245. The van der Waals surface area contributed by atoms with E-state index in [4.69, 9.17) is 9.15 Å². The van der Waals surface area contributed by atoms with E-state index in [2.05, 4.69) is 20.6 Å². The second-order valence-electron chi connectivity index (χ2n) is 7.16. The molecule has 0 bridgehead atoms. The van der Waals surface area contributed by atoms with E-state index < -0.39 is 0 Å². The average Bonchev–Trinajstić information content (AvgIpc) is 3.18. The van der Waals surface area contributed by atoms with E-state index in [-0.39, 0.29) is 35.1 Å². The van der Waals surface area contributed by atoms with Crippen LogP contribution in [-0.4, -0.2) is 41.5 Å². The number of carbonyl (C=O) groups is 2. The first-order chi connectivity index (χ1) is 14.0. The van der Waals surface area contributed by atoms with E-state index in [9.17, 15) is 14.4 Å². The summed E-state index contributed by atoms with van der Waals surface area (Å²) >= 11 is 0. The Morgan fingerprint density at radius 3 is 2.79 bits per heavy atom. The predicted molar refractivity (Wildman–Crippen MR) is 104 cm³/mol. The Kier molecular flexibility index (Phi) is 7.18. The largest absolute Gasteiger partial charge is 0.453 e. The molecule has 1 fully saturated rings. The van der Waals surface area contributed by atoms with Crippen molar-refractivity contribution < 1.29 is 18.7 Å². The van der Waals surface area contributed by atoms with Crippen LogP contribution in [0.25, 0.3) is 0 Å². The summed E-state index contributed by atoms with van der Waals surface area (Å²) in [6.45, 7) is 0.762. The highest BCUT2D eigenvalue weighted by molar-refractivity contribution is 5.91. The molecule has 2 aromatic rings. The standard InChI is InChI=1S/C20H26N4O5/c1-28-11-16-6-7-17(29-16)20(27)24-14-4-2-13(3-5-14)19(26)21-9-8-15-10-18(25)23-12-22-15/h6-7,10,12-14H,2-5,8-9,11H2,1H3,(H,21,26)(H,24,27)(H,22,23,25). The summed E-state index contributed by atoms with van der Waals surface area (Å²) in [5.41, 5.74) is 0.443. The maximum absolute atomic E-state index is 12.4. The van der Waals surface area contributed by atoms with Gasteiger partial charge in [0.25, 0.3) is 11.5 Å². The van der Waals surface area contributed by atoms with Gasteiger partial charge < -0.3 is 24.8 Å². The fraction of sp³-hybridized carbons (Fsp3) is 0.500. The zero-order valence-electron chi connectivity index (χ0n) is 16.4. The Balaban J connectivity index is 1.38. The molecule has 9 nitrogen and oxygen atoms in total. The van der Waals surface area contributed by atoms with Gasteiger partial charge in [0, 0.05) is 43.8 Å². The van der Waals surface area contributed by atoms with Gasteiger partial charge >= 0.3 is 0 Å². The summed E-state index contributed by atoms with van der Waals surface area (Å²) in [7, 11) is 1.57. The summed E-state index contributed by atoms with van der Waals surface area (Å²) in [5.74, 6) is 0.575. The number of hydrogen-bond acceptors (Lipinski definition) is 6. The fourth-order valence-electron chi connectivity index (χ4n) is 3.48. The minimum absolute atomic E-state index is 0.00913. The Hall–Kier alpha value is -2.94. The van der Waals surface area contributed by atoms with Gasteiger partial charge in [-0.15, -0.1) is 0 Å². The first-order valence-corrected chi connectivity index (χ1v) is 9.75. The van der Waals surface area contributed by atoms with E-state index in [1.807, 2.05) is 0 Å². The topological polar surface area (TPSA) is 126 Å². The first-order valence-electron chi connectivity index (χ1n) is 9.75. The molecule has 0 aromatic carbocycles. The SMILES string of the molecule is COCc1ccc(C(=O)NC2CCC(C(=O)NCCc3cc(=O)[nH]cn3)CC2)o1. The number of carbonyl (C=O) groups excluding carboxylic acids is 2. The molecule has 0 aliphatic heterocycles. The molecule has 1 aliphatic carbocycles. The van der Waals surface area contributed by atoms with Crippen LogP contribution in [0.1, 0.15) is 47.7 Å². The highest BCUT2D eigenvalue weighted by Gasteiger charge is 2.27. The zero-order chi connectivity index (χ0) is 20.6. The van der Waals surface area contributed by atoms with Crippen molar-refractivity contribution in [2.24, 2.45) is 5.92 Å². The number of hydrogen-bond donors (Lipinski definition) is 3. The Morgan fingerprint density at radius 1 is 1.28 bits per heavy atom. The van der Waals surface area contributed by atoms with Crippen molar-refractivity contribution in [2.45, 2.75) is 44.8 Å². The van der Waals surface area contributed by atoms with Crippen LogP contribution < -0.4 is 16.2 Å². The summed E-state index contributed by atoms with van der Waals surface area (Å²) < 4.78 is 10.4. The molecule has 0 saturated heterocycles. The molecule has 2 aromatic heterocycles. The van der Waals surface area contributed by atoms with E-state index in [1.54, 1.807) is 19.2 Å². The number of amides is 2. The Bertz CT molecular complexity index is 883. The van der Waals surface area contributed by atoms with Gasteiger partial charge in [-0.2, -0.15) is 0 Å². The third-order valence-corrected chi connectivity index (χ3v) is 5.02. The average molecular weight is 402 g/mol. The van der Waals surface area contributed by atoms with Crippen molar-refractivity contribution in [1.29, 1.82) is 0 Å². The second-order valence-corrected chi connectivity index (χ2v) is 7.16. The zero-order valence-corrected chi connectivity index (χ0v) is 16.4. The lowest BCUT2D eigenvalue weighted by molar-refractivity contribution is -0.126. The van der Waals surface area contributed by atoms with Crippen LogP contribution in [-0.2, 0) is 22.6 Å². The monoisotopic (exact) mass is 402 g/mol. The van der Waals surface area contributed by atoms with Crippen molar-refractivity contribution in [1.82, 2.24) is 20.6 Å². The highest BCUT2D eigenvalue weighted by atomic mass is 16.5. The quantitative estimate of drug-likeness (QED) is 0.608. The van der Waals surface area contributed by atoms with Gasteiger partial charge in [-0.3, -0.25) is 14.4 Å². The Morgan fingerprint density at radius 2 is 2.07 bits per heavy atom. The molecule has 3 rings (SSSR count). The first kappa shape index (κ1) is 20.8. The molecule has 0 radical (unpaired) electrons. The van der Waals surface area contributed by atoms with Crippen molar-refractivity contribution in [3.8, 4) is 0 Å². The van der Waals surface area contributed by atoms with Gasteiger partial charge in [-0.1, -0.05) is 0 Å². The van der Waals surface area contributed by atoms with Gasteiger partial charge in [-0.05, 0) is 37.8 Å². The lowest BCUT2D eigenvalue weighted by atomic mass is 9.85. The maximum Gasteiger partial charge on any atom is 0.287 e. The third-order valence-electron chi connectivity index (χ3n) is 5.02. The molecule has 2 amide bonds. The smallest absolute Gasteiger partial charge is 0.287 e. The fourth-order valence-corrected chi connectivity index (χ4v) is 3.48. The van der Waals surface area contributed by atoms with E-state index in [0.717, 1.165) is 12.8 Å². The lowest BCUT2D eigenvalue weighted by Crippen LogP contribution is -2.41. The van der Waals surface area contributed by atoms with Crippen molar-refractivity contribution >= 4 is 11.8 Å². The molecular formula is C20H26N4O5. The number of aromatic nitrogens is 2. The van der Waals surface area contributed by atoms with Crippen molar-refractivity contribution in [3.05, 3.63) is 52.1 Å². The van der Waals surface area contributed by atoms with Crippen LogP contribution in [0.2, 0.25) is 0 Å². The van der Waals surface area contributed by atoms with Gasteiger partial charge in [0.2, 0.25) is 5.91 Å². The Labute approximate surface area is 168 Å². The molecule has 0 unspecified atom stereocenters. The number of nitrogens with one attached hydrogen (secondary N) is 3. The number of furan rings is 1. The maximum atomic E-state index is 12.4. The molecule has 3 N–H and O–H groups in total. The number of nitrogens with zero attached hydrogens (tertiary/aromatic N) is 1.